The summed E-state index contributed by atoms with van der Waals surface area (Å²) in [6, 6.07) is 18.3. The van der Waals surface area contributed by atoms with Gasteiger partial charge in [0.15, 0.2) is 11.5 Å². The molecule has 1 heterocycles. The number of nitrogens with zero attached hydrogens (tertiary/aromatic N) is 2. The molecule has 0 spiro atoms. The van der Waals surface area contributed by atoms with Crippen LogP contribution >= 0.6 is 0 Å². The number of methoxy groups -OCH3 is 1. The summed E-state index contributed by atoms with van der Waals surface area (Å²) in [6.45, 7) is 5.06. The summed E-state index contributed by atoms with van der Waals surface area (Å²) in [6.07, 6.45) is 2.38. The van der Waals surface area contributed by atoms with Crippen LogP contribution in [0.4, 0.5) is 4.79 Å². The lowest BCUT2D eigenvalue weighted by Crippen LogP contribution is -2.48. The van der Waals surface area contributed by atoms with Gasteiger partial charge in [-0.25, -0.2) is 9.79 Å². The van der Waals surface area contributed by atoms with Gasteiger partial charge in [-0.1, -0.05) is 74.5 Å². The van der Waals surface area contributed by atoms with Crippen LogP contribution in [0.5, 0.6) is 0 Å². The van der Waals surface area contributed by atoms with Crippen molar-refractivity contribution in [3.8, 4) is 0 Å². The van der Waals surface area contributed by atoms with Crippen molar-refractivity contribution in [2.24, 2.45) is 16.6 Å². The Kier molecular flexibility index (Phi) is 10.3. The number of amides is 3. The van der Waals surface area contributed by atoms with Crippen LogP contribution in [0.15, 0.2) is 65.7 Å². The molecule has 1 aliphatic rings. The Balaban J connectivity index is 1.55. The Morgan fingerprint density at radius 1 is 1.05 bits per heavy atom. The van der Waals surface area contributed by atoms with Crippen LogP contribution in [0.2, 0.25) is 0 Å². The van der Waals surface area contributed by atoms with Crippen LogP contribution in [0, 0.1) is 5.92 Å². The van der Waals surface area contributed by atoms with Crippen molar-refractivity contribution < 1.29 is 19.1 Å². The molecule has 204 valence electrons. The number of ether oxygens (including phenoxy) is 1. The van der Waals surface area contributed by atoms with Crippen LogP contribution in [-0.2, 0) is 26.3 Å². The number of hydrogen-bond donors (Lipinski definition) is 3. The second kappa shape index (κ2) is 13.6. The van der Waals surface area contributed by atoms with Gasteiger partial charge in [0.05, 0.1) is 7.11 Å². The number of carbonyl (C=O) groups excluding carboxylic acids is 3. The van der Waals surface area contributed by atoms with E-state index in [9.17, 15) is 14.4 Å². The maximum atomic E-state index is 13.6. The second-order valence-electron chi connectivity index (χ2n) is 9.96. The number of benzene rings is 2. The van der Waals surface area contributed by atoms with Gasteiger partial charge >= 0.3 is 6.09 Å². The zero-order valence-corrected chi connectivity index (χ0v) is 22.5. The molecule has 0 saturated carbocycles. The highest BCUT2D eigenvalue weighted by atomic mass is 16.5. The summed E-state index contributed by atoms with van der Waals surface area (Å²) in [5.74, 6) is 0.263. The zero-order chi connectivity index (χ0) is 27.5. The molecule has 0 radical (unpaired) electrons. The molecular weight excluding hydrogens is 482 g/mol. The van der Waals surface area contributed by atoms with Crippen LogP contribution in [0.1, 0.15) is 50.7 Å². The molecule has 3 amide bonds. The number of hydrogen-bond acceptors (Lipinski definition) is 6. The smallest absolute Gasteiger partial charge is 0.407 e. The fraction of sp³-hybridized carbons (Fsp3) is 0.448. The molecule has 0 fully saturated rings. The van der Waals surface area contributed by atoms with Crippen molar-refractivity contribution in [2.75, 3.05) is 20.2 Å². The lowest BCUT2D eigenvalue weighted by Gasteiger charge is -2.27. The van der Waals surface area contributed by atoms with E-state index in [1.54, 1.807) is 4.90 Å². The van der Waals surface area contributed by atoms with Crippen molar-refractivity contribution in [1.29, 1.82) is 0 Å². The minimum absolute atomic E-state index is 0.101. The summed E-state index contributed by atoms with van der Waals surface area (Å²) < 4.78 is 4.68. The predicted molar refractivity (Wildman–Crippen MR) is 147 cm³/mol. The SMILES string of the molecule is COC(=O)N[C@@H](Cc1ccccc1)C(=O)NCCCCN1C(=O)C(CCC(C)C)(c2ccccc2)N=C1N. The van der Waals surface area contributed by atoms with E-state index in [0.717, 1.165) is 17.5 Å². The highest BCUT2D eigenvalue weighted by Crippen LogP contribution is 2.38. The van der Waals surface area contributed by atoms with E-state index in [1.165, 1.54) is 7.11 Å². The topological polar surface area (TPSA) is 126 Å². The van der Waals surface area contributed by atoms with E-state index in [4.69, 9.17) is 10.7 Å². The highest BCUT2D eigenvalue weighted by Gasteiger charge is 2.48. The van der Waals surface area contributed by atoms with E-state index in [1.807, 2.05) is 60.7 Å². The molecule has 0 aromatic heterocycles. The Morgan fingerprint density at radius 2 is 1.71 bits per heavy atom. The van der Waals surface area contributed by atoms with Crippen molar-refractivity contribution in [2.45, 2.75) is 57.5 Å². The summed E-state index contributed by atoms with van der Waals surface area (Å²) in [5.41, 5.74) is 7.04. The summed E-state index contributed by atoms with van der Waals surface area (Å²) in [7, 11) is 1.26. The van der Waals surface area contributed by atoms with Crippen LogP contribution < -0.4 is 16.4 Å². The van der Waals surface area contributed by atoms with E-state index < -0.39 is 17.7 Å². The Labute approximate surface area is 224 Å². The van der Waals surface area contributed by atoms with Gasteiger partial charge in [-0.15, -0.1) is 0 Å². The second-order valence-corrected chi connectivity index (χ2v) is 9.96. The largest absolute Gasteiger partial charge is 0.453 e. The molecule has 2 atom stereocenters. The number of unbranched alkanes of at least 4 members (excludes halogenated alkanes) is 1. The Bertz CT molecular complexity index is 1110. The molecule has 1 aliphatic heterocycles. The fourth-order valence-electron chi connectivity index (χ4n) is 4.54. The van der Waals surface area contributed by atoms with Crippen molar-refractivity contribution >= 4 is 23.9 Å². The summed E-state index contributed by atoms with van der Waals surface area (Å²) in [5, 5.41) is 5.48. The lowest BCUT2D eigenvalue weighted by molar-refractivity contribution is -0.132. The lowest BCUT2D eigenvalue weighted by atomic mass is 9.83. The molecule has 4 N–H and O–H groups in total. The maximum absolute atomic E-state index is 13.6. The third-order valence-corrected chi connectivity index (χ3v) is 6.70. The van der Waals surface area contributed by atoms with Crippen molar-refractivity contribution in [3.63, 3.8) is 0 Å². The molecule has 0 aliphatic carbocycles. The predicted octanol–water partition coefficient (Wildman–Crippen LogP) is 3.34. The van der Waals surface area contributed by atoms with Crippen molar-refractivity contribution in [1.82, 2.24) is 15.5 Å². The van der Waals surface area contributed by atoms with Crippen LogP contribution in [-0.4, -0.2) is 55.0 Å². The first kappa shape index (κ1) is 28.7. The molecule has 9 nitrogen and oxygen atoms in total. The van der Waals surface area contributed by atoms with Crippen LogP contribution in [0.25, 0.3) is 0 Å². The average molecular weight is 522 g/mol. The molecule has 9 heteroatoms. The van der Waals surface area contributed by atoms with Gasteiger partial charge < -0.3 is 21.1 Å². The first-order valence-corrected chi connectivity index (χ1v) is 13.2. The molecule has 2 aromatic carbocycles. The molecule has 38 heavy (non-hydrogen) atoms. The van der Waals surface area contributed by atoms with Gasteiger partial charge in [0.25, 0.3) is 5.91 Å². The Hall–Kier alpha value is -3.88. The van der Waals surface area contributed by atoms with Gasteiger partial charge in [0.2, 0.25) is 5.91 Å². The number of aliphatic imine (C=N–C) groups is 1. The highest BCUT2D eigenvalue weighted by molar-refractivity contribution is 6.07. The number of guanidine groups is 1. The minimum atomic E-state index is -0.992. The normalized spacial score (nSPS) is 17.7. The first-order valence-electron chi connectivity index (χ1n) is 13.2. The number of alkyl carbamates (subject to hydrolysis) is 1. The fourth-order valence-corrected chi connectivity index (χ4v) is 4.54. The summed E-state index contributed by atoms with van der Waals surface area (Å²) in [4.78, 5) is 44.5. The first-order chi connectivity index (χ1) is 18.3. The monoisotopic (exact) mass is 521 g/mol. The summed E-state index contributed by atoms with van der Waals surface area (Å²) >= 11 is 0. The quantitative estimate of drug-likeness (QED) is 0.349. The third kappa shape index (κ3) is 7.34. The Morgan fingerprint density at radius 3 is 2.34 bits per heavy atom. The standard InChI is InChI=1S/C29H39N5O4/c1-21(2)16-17-29(23-14-8-5-9-15-23)26(36)34(27(30)33-29)19-11-10-18-31-25(35)24(32-28(37)38-3)20-22-12-6-4-7-13-22/h4-9,12-15,21,24H,10-11,16-20H2,1-3H3,(H2,30,33)(H,31,35)(H,32,37)/t24-,29?/m0/s1. The maximum Gasteiger partial charge on any atom is 0.407 e. The van der Waals surface area contributed by atoms with E-state index in [0.29, 0.717) is 44.7 Å². The number of rotatable bonds is 13. The van der Waals surface area contributed by atoms with Crippen LogP contribution in [0.3, 0.4) is 0 Å². The van der Waals surface area contributed by atoms with E-state index in [2.05, 4.69) is 29.2 Å². The number of nitrogens with two attached hydrogens (primary N) is 1. The molecular formula is C29H39N5O4. The van der Waals surface area contributed by atoms with Gasteiger partial charge in [0.1, 0.15) is 6.04 Å². The number of nitrogens with one attached hydrogen (secondary N) is 2. The third-order valence-electron chi connectivity index (χ3n) is 6.70. The molecule has 2 aromatic rings. The van der Waals surface area contributed by atoms with Crippen molar-refractivity contribution in [3.05, 3.63) is 71.8 Å². The molecule has 0 bridgehead atoms. The minimum Gasteiger partial charge on any atom is -0.453 e. The molecule has 3 rings (SSSR count). The average Bonchev–Trinajstić information content (AvgIpc) is 3.17. The van der Waals surface area contributed by atoms with Gasteiger partial charge in [0, 0.05) is 19.5 Å². The van der Waals surface area contributed by atoms with Gasteiger partial charge in [-0.05, 0) is 42.7 Å². The van der Waals surface area contributed by atoms with Gasteiger partial charge in [-0.2, -0.15) is 0 Å². The van der Waals surface area contributed by atoms with E-state index >= 15 is 0 Å². The van der Waals surface area contributed by atoms with E-state index in [-0.39, 0.29) is 17.8 Å². The van der Waals surface area contributed by atoms with Gasteiger partial charge in [-0.3, -0.25) is 14.5 Å². The molecule has 0 saturated heterocycles. The zero-order valence-electron chi connectivity index (χ0n) is 22.5. The molecule has 1 unspecified atom stereocenters. The number of carbonyl (C=O) groups is 3.